The third-order valence-electron chi connectivity index (χ3n) is 2.99. The molecule has 1 aliphatic rings. The van der Waals surface area contributed by atoms with E-state index in [1.54, 1.807) is 12.1 Å². The number of aryl methyl sites for hydroxylation is 1. The van der Waals surface area contributed by atoms with Gasteiger partial charge in [0.05, 0.1) is 17.1 Å². The Hall–Kier alpha value is -1.43. The number of ketones is 1. The molecule has 1 N–H and O–H groups in total. The van der Waals surface area contributed by atoms with Gasteiger partial charge in [0.1, 0.15) is 5.82 Å². The molecule has 0 radical (unpaired) electrons. The normalized spacial score (nSPS) is 21.8. The highest BCUT2D eigenvalue weighted by Gasteiger charge is 2.28. The van der Waals surface area contributed by atoms with Crippen LogP contribution in [0.25, 0.3) is 0 Å². The van der Waals surface area contributed by atoms with Crippen molar-refractivity contribution in [3.05, 3.63) is 23.4 Å². The van der Waals surface area contributed by atoms with Crippen LogP contribution in [0, 0.1) is 6.92 Å². The molecular weight excluding hydrogens is 252 g/mol. The van der Waals surface area contributed by atoms with Crippen molar-refractivity contribution in [2.24, 2.45) is 0 Å². The molecule has 0 saturated carbocycles. The van der Waals surface area contributed by atoms with Crippen LogP contribution < -0.4 is 5.32 Å². The van der Waals surface area contributed by atoms with Gasteiger partial charge < -0.3 is 5.32 Å². The number of hydrogen-bond acceptors (Lipinski definition) is 5. The third-order valence-corrected chi connectivity index (χ3v) is 4.75. The van der Waals surface area contributed by atoms with E-state index in [9.17, 15) is 13.2 Å². The summed E-state index contributed by atoms with van der Waals surface area (Å²) in [4.78, 5) is 15.8. The first-order valence-corrected chi connectivity index (χ1v) is 7.65. The van der Waals surface area contributed by atoms with E-state index in [1.165, 1.54) is 6.92 Å². The molecule has 0 amide bonds. The molecule has 6 heteroatoms. The molecule has 18 heavy (non-hydrogen) atoms. The number of carbonyl (C=O) groups excluding carboxylic acids is 1. The highest BCUT2D eigenvalue weighted by molar-refractivity contribution is 7.91. The van der Waals surface area contributed by atoms with Crippen molar-refractivity contribution in [1.82, 2.24) is 4.98 Å². The number of nitrogens with zero attached hydrogens (tertiary/aromatic N) is 1. The van der Waals surface area contributed by atoms with Gasteiger partial charge in [-0.3, -0.25) is 4.79 Å². The van der Waals surface area contributed by atoms with Crippen molar-refractivity contribution < 1.29 is 13.2 Å². The van der Waals surface area contributed by atoms with E-state index in [-0.39, 0.29) is 23.3 Å². The van der Waals surface area contributed by atoms with Crippen molar-refractivity contribution in [3.8, 4) is 0 Å². The summed E-state index contributed by atoms with van der Waals surface area (Å²) in [5.74, 6) is 0.724. The van der Waals surface area contributed by atoms with Gasteiger partial charge in [-0.2, -0.15) is 0 Å². The van der Waals surface area contributed by atoms with E-state index in [0.29, 0.717) is 17.8 Å². The molecule has 1 aliphatic heterocycles. The lowest BCUT2D eigenvalue weighted by Crippen LogP contribution is -2.22. The molecule has 0 spiro atoms. The Bertz CT molecular complexity index is 581. The lowest BCUT2D eigenvalue weighted by molar-refractivity contribution is 0.101. The molecule has 0 aliphatic carbocycles. The van der Waals surface area contributed by atoms with Crippen molar-refractivity contribution in [1.29, 1.82) is 0 Å². The summed E-state index contributed by atoms with van der Waals surface area (Å²) in [6, 6.07) is 3.34. The van der Waals surface area contributed by atoms with E-state index >= 15 is 0 Å². The lowest BCUT2D eigenvalue weighted by atomic mass is 10.1. The predicted octanol–water partition coefficient (Wildman–Crippen LogP) is 1.19. The van der Waals surface area contributed by atoms with Crippen LogP contribution in [0.15, 0.2) is 12.1 Å². The molecule has 2 heterocycles. The minimum Gasteiger partial charge on any atom is -0.366 e. The van der Waals surface area contributed by atoms with Gasteiger partial charge in [-0.1, -0.05) is 0 Å². The SMILES string of the molecule is CC(=O)c1ccc(C)nc1NC1CCS(=O)(=O)C1. The standard InChI is InChI=1S/C12H16N2O3S/c1-8-3-4-11(9(2)15)12(13-8)14-10-5-6-18(16,17)7-10/h3-4,10H,5-7H2,1-2H3,(H,13,14). The second kappa shape index (κ2) is 4.68. The molecule has 98 valence electrons. The first kappa shape index (κ1) is 13.0. The van der Waals surface area contributed by atoms with Gasteiger partial charge >= 0.3 is 0 Å². The lowest BCUT2D eigenvalue weighted by Gasteiger charge is -2.14. The van der Waals surface area contributed by atoms with Crippen LogP contribution >= 0.6 is 0 Å². The number of aromatic nitrogens is 1. The topological polar surface area (TPSA) is 76.1 Å². The summed E-state index contributed by atoms with van der Waals surface area (Å²) in [5, 5.41) is 3.08. The van der Waals surface area contributed by atoms with Crippen LogP contribution in [-0.2, 0) is 9.84 Å². The average Bonchev–Trinajstić information content (AvgIpc) is 2.57. The average molecular weight is 268 g/mol. The Morgan fingerprint density at radius 2 is 2.17 bits per heavy atom. The summed E-state index contributed by atoms with van der Waals surface area (Å²) < 4.78 is 22.8. The molecule has 2 rings (SSSR count). The Labute approximate surface area is 107 Å². The van der Waals surface area contributed by atoms with Crippen molar-refractivity contribution in [2.75, 3.05) is 16.8 Å². The van der Waals surface area contributed by atoms with E-state index < -0.39 is 9.84 Å². The first-order chi connectivity index (χ1) is 8.37. The monoisotopic (exact) mass is 268 g/mol. The fourth-order valence-electron chi connectivity index (χ4n) is 2.05. The summed E-state index contributed by atoms with van der Waals surface area (Å²) in [6.07, 6.45) is 0.565. The van der Waals surface area contributed by atoms with Crippen molar-refractivity contribution in [2.45, 2.75) is 26.3 Å². The smallest absolute Gasteiger partial charge is 0.163 e. The Kier molecular flexibility index (Phi) is 3.38. The van der Waals surface area contributed by atoms with Crippen LogP contribution in [0.5, 0.6) is 0 Å². The number of hydrogen-bond donors (Lipinski definition) is 1. The molecule has 1 atom stereocenters. The molecular formula is C12H16N2O3S. The molecule has 1 fully saturated rings. The van der Waals surface area contributed by atoms with Gasteiger partial charge in [-0.25, -0.2) is 13.4 Å². The van der Waals surface area contributed by atoms with Gasteiger partial charge in [0.15, 0.2) is 15.6 Å². The number of nitrogens with one attached hydrogen (secondary N) is 1. The number of rotatable bonds is 3. The minimum absolute atomic E-state index is 0.0779. The Morgan fingerprint density at radius 3 is 2.72 bits per heavy atom. The summed E-state index contributed by atoms with van der Waals surface area (Å²) in [5.41, 5.74) is 1.30. The summed E-state index contributed by atoms with van der Waals surface area (Å²) >= 11 is 0. The molecule has 1 unspecified atom stereocenters. The zero-order valence-corrected chi connectivity index (χ0v) is 11.3. The first-order valence-electron chi connectivity index (χ1n) is 5.83. The Morgan fingerprint density at radius 1 is 1.44 bits per heavy atom. The third kappa shape index (κ3) is 2.87. The maximum atomic E-state index is 11.5. The predicted molar refractivity (Wildman–Crippen MR) is 69.7 cm³/mol. The molecule has 1 aromatic rings. The minimum atomic E-state index is -2.93. The van der Waals surface area contributed by atoms with Crippen LogP contribution in [0.2, 0.25) is 0 Å². The molecule has 1 saturated heterocycles. The number of anilines is 1. The second-order valence-corrected chi connectivity index (χ2v) is 6.88. The fourth-order valence-corrected chi connectivity index (χ4v) is 3.73. The highest BCUT2D eigenvalue weighted by Crippen LogP contribution is 2.20. The maximum Gasteiger partial charge on any atom is 0.163 e. The van der Waals surface area contributed by atoms with Crippen LogP contribution in [-0.4, -0.2) is 36.7 Å². The quantitative estimate of drug-likeness (QED) is 0.833. The zero-order chi connectivity index (χ0) is 13.3. The Balaban J connectivity index is 2.23. The van der Waals surface area contributed by atoms with Crippen molar-refractivity contribution in [3.63, 3.8) is 0 Å². The highest BCUT2D eigenvalue weighted by atomic mass is 32.2. The van der Waals surface area contributed by atoms with E-state index in [1.807, 2.05) is 6.92 Å². The van der Waals surface area contributed by atoms with Crippen molar-refractivity contribution >= 4 is 21.4 Å². The van der Waals surface area contributed by atoms with Gasteiger partial charge in [-0.15, -0.1) is 0 Å². The van der Waals surface area contributed by atoms with Crippen LogP contribution in [0.3, 0.4) is 0 Å². The fraction of sp³-hybridized carbons (Fsp3) is 0.500. The van der Waals surface area contributed by atoms with Gasteiger partial charge in [-0.05, 0) is 32.4 Å². The number of carbonyl (C=O) groups is 1. The molecule has 1 aromatic heterocycles. The molecule has 5 nitrogen and oxygen atoms in total. The number of Topliss-reactive ketones (excluding diaryl/α,β-unsaturated/α-hetero) is 1. The largest absolute Gasteiger partial charge is 0.366 e. The molecule has 0 bridgehead atoms. The number of pyridine rings is 1. The summed E-state index contributed by atoms with van der Waals surface area (Å²) in [7, 11) is -2.93. The van der Waals surface area contributed by atoms with Crippen LogP contribution in [0.1, 0.15) is 29.4 Å². The number of sulfone groups is 1. The maximum absolute atomic E-state index is 11.5. The summed E-state index contributed by atoms with van der Waals surface area (Å²) in [6.45, 7) is 3.31. The van der Waals surface area contributed by atoms with Crippen LogP contribution in [0.4, 0.5) is 5.82 Å². The molecule has 0 aromatic carbocycles. The van der Waals surface area contributed by atoms with E-state index in [0.717, 1.165) is 5.69 Å². The second-order valence-electron chi connectivity index (χ2n) is 4.65. The van der Waals surface area contributed by atoms with Gasteiger partial charge in [0, 0.05) is 11.7 Å². The van der Waals surface area contributed by atoms with E-state index in [2.05, 4.69) is 10.3 Å². The van der Waals surface area contributed by atoms with Gasteiger partial charge in [0.2, 0.25) is 0 Å². The van der Waals surface area contributed by atoms with E-state index in [4.69, 9.17) is 0 Å². The van der Waals surface area contributed by atoms with Gasteiger partial charge in [0.25, 0.3) is 0 Å². The zero-order valence-electron chi connectivity index (χ0n) is 10.4.